The summed E-state index contributed by atoms with van der Waals surface area (Å²) in [7, 11) is 0. The Kier molecular flexibility index (Phi) is 42.0. The molecule has 0 aromatic rings. The zero-order valence-corrected chi connectivity index (χ0v) is 40.6. The quantitative estimate of drug-likeness (QED) is 0.0239. The Hall–Kier alpha value is -1.32. The highest BCUT2D eigenvalue weighted by Crippen LogP contribution is 2.31. The number of aliphatic hydroxyl groups is 2. The van der Waals surface area contributed by atoms with Crippen molar-refractivity contribution in [2.45, 2.75) is 302 Å². The van der Waals surface area contributed by atoms with E-state index in [0.29, 0.717) is 19.3 Å². The second-order valence-corrected chi connectivity index (χ2v) is 18.2. The van der Waals surface area contributed by atoms with E-state index in [-0.39, 0.29) is 19.3 Å². The minimum absolute atomic E-state index is 0.00371. The molecule has 2 N–H and O–H groups in total. The van der Waals surface area contributed by atoms with Gasteiger partial charge >= 0.3 is 29.7 Å². The monoisotopic (exact) mass is 871 g/mol. The van der Waals surface area contributed by atoms with E-state index in [1.165, 1.54) is 173 Å². The highest BCUT2D eigenvalue weighted by Gasteiger charge is 2.60. The van der Waals surface area contributed by atoms with Crippen LogP contribution >= 0.6 is 12.6 Å². The molecular weight excluding hydrogens is 773 g/mol. The molecule has 0 rings (SSSR count). The summed E-state index contributed by atoms with van der Waals surface area (Å²) >= 11 is 4.15. The van der Waals surface area contributed by atoms with Crippen LogP contribution in [0.1, 0.15) is 290 Å². The van der Waals surface area contributed by atoms with Gasteiger partial charge in [0, 0.05) is 19.3 Å². The van der Waals surface area contributed by atoms with Gasteiger partial charge < -0.3 is 24.4 Å². The standard InChI is InChI=1S/C51H98O8S/c1-4-7-10-13-16-19-22-25-28-31-34-37-40-43-47(52)57-50(55,46-60)51(56,58-48(53)44-41-38-35-32-29-26-23-20-17-14-11-8-5-2)59-49(54)45-42-39-36-33-30-27-24-21-18-15-12-9-6-3/h55-56,60H,4-46H2,1-3H3. The number of rotatable bonds is 47. The minimum atomic E-state index is -3.22. The molecule has 9 heteroatoms. The van der Waals surface area contributed by atoms with Gasteiger partial charge in [-0.15, -0.1) is 0 Å². The molecule has 1 unspecified atom stereocenters. The van der Waals surface area contributed by atoms with Crippen molar-refractivity contribution >= 4 is 30.5 Å². The predicted octanol–water partition coefficient (Wildman–Crippen LogP) is 15.3. The van der Waals surface area contributed by atoms with Crippen molar-refractivity contribution in [1.29, 1.82) is 0 Å². The third-order valence-electron chi connectivity index (χ3n) is 11.9. The van der Waals surface area contributed by atoms with Gasteiger partial charge in [0.05, 0.1) is 5.75 Å². The van der Waals surface area contributed by atoms with Crippen LogP contribution in [-0.4, -0.2) is 45.6 Å². The number of esters is 3. The smallest absolute Gasteiger partial charge is 0.421 e. The van der Waals surface area contributed by atoms with Crippen LogP contribution in [0.3, 0.4) is 0 Å². The van der Waals surface area contributed by atoms with E-state index in [1.54, 1.807) is 0 Å². The fourth-order valence-electron chi connectivity index (χ4n) is 7.89. The number of hydrogen-bond donors (Lipinski definition) is 3. The van der Waals surface area contributed by atoms with Gasteiger partial charge in [-0.1, -0.05) is 252 Å². The van der Waals surface area contributed by atoms with E-state index < -0.39 is 35.4 Å². The van der Waals surface area contributed by atoms with Crippen LogP contribution in [0.2, 0.25) is 0 Å². The number of thiol groups is 1. The molecule has 8 nitrogen and oxygen atoms in total. The average Bonchev–Trinajstić information content (AvgIpc) is 3.22. The van der Waals surface area contributed by atoms with Gasteiger partial charge in [0.1, 0.15) is 0 Å². The van der Waals surface area contributed by atoms with Crippen LogP contribution in [-0.2, 0) is 28.6 Å². The summed E-state index contributed by atoms with van der Waals surface area (Å²) < 4.78 is 16.0. The highest BCUT2D eigenvalue weighted by molar-refractivity contribution is 7.80. The average molecular weight is 871 g/mol. The van der Waals surface area contributed by atoms with E-state index in [0.717, 1.165) is 57.8 Å². The number of carbonyl (C=O) groups is 3. The molecular formula is C51H98O8S. The van der Waals surface area contributed by atoms with Gasteiger partial charge in [-0.05, 0) is 19.3 Å². The predicted molar refractivity (Wildman–Crippen MR) is 253 cm³/mol. The molecule has 1 atom stereocenters. The molecule has 0 saturated heterocycles. The molecule has 0 heterocycles. The number of unbranched alkanes of at least 4 members (excludes halogenated alkanes) is 36. The second kappa shape index (κ2) is 43.0. The first-order valence-corrected chi connectivity index (χ1v) is 26.5. The second-order valence-electron chi connectivity index (χ2n) is 17.9. The molecule has 0 aromatic carbocycles. The Morgan fingerprint density at radius 2 is 0.517 bits per heavy atom. The van der Waals surface area contributed by atoms with Crippen LogP contribution in [0.5, 0.6) is 0 Å². The topological polar surface area (TPSA) is 119 Å². The SMILES string of the molecule is CCCCCCCCCCCCCCCC(=O)OC(O)(CS)C(O)(OC(=O)CCCCCCCCCCCCCCC)OC(=O)CCCCCCCCCCCCCCC. The van der Waals surface area contributed by atoms with Crippen LogP contribution in [0.15, 0.2) is 0 Å². The van der Waals surface area contributed by atoms with Gasteiger partial charge in [-0.2, -0.15) is 12.6 Å². The zero-order valence-electron chi connectivity index (χ0n) is 39.7. The molecule has 0 aliphatic heterocycles. The molecule has 60 heavy (non-hydrogen) atoms. The first-order valence-electron chi connectivity index (χ1n) is 25.9. The molecule has 0 aliphatic carbocycles. The molecule has 0 saturated carbocycles. The van der Waals surface area contributed by atoms with Crippen molar-refractivity contribution < 1.29 is 38.8 Å². The molecule has 0 aliphatic rings. The maximum absolute atomic E-state index is 13.0. The van der Waals surface area contributed by atoms with Crippen LogP contribution < -0.4 is 0 Å². The summed E-state index contributed by atoms with van der Waals surface area (Å²) in [6.07, 6.45) is 45.1. The van der Waals surface area contributed by atoms with Crippen LogP contribution in [0.4, 0.5) is 0 Å². The Balaban J connectivity index is 4.87. The van der Waals surface area contributed by atoms with Gasteiger partial charge in [-0.25, -0.2) is 0 Å². The Morgan fingerprint density at radius 3 is 0.717 bits per heavy atom. The lowest BCUT2D eigenvalue weighted by Crippen LogP contribution is -2.63. The van der Waals surface area contributed by atoms with Crippen molar-refractivity contribution in [3.63, 3.8) is 0 Å². The minimum Gasteiger partial charge on any atom is -0.421 e. The Bertz CT molecular complexity index is 933. The number of carbonyl (C=O) groups excluding carboxylic acids is 3. The molecule has 0 bridgehead atoms. The third kappa shape index (κ3) is 35.2. The summed E-state index contributed by atoms with van der Waals surface area (Å²) in [5.74, 6) is -9.22. The van der Waals surface area contributed by atoms with E-state index in [2.05, 4.69) is 33.4 Å². The number of hydrogen-bond acceptors (Lipinski definition) is 9. The lowest BCUT2D eigenvalue weighted by atomic mass is 10.0. The van der Waals surface area contributed by atoms with Gasteiger partial charge in [0.2, 0.25) is 0 Å². The Morgan fingerprint density at radius 1 is 0.333 bits per heavy atom. The normalized spacial score (nSPS) is 12.7. The molecule has 0 radical (unpaired) electrons. The van der Waals surface area contributed by atoms with Crippen LogP contribution in [0.25, 0.3) is 0 Å². The van der Waals surface area contributed by atoms with E-state index in [4.69, 9.17) is 14.2 Å². The number of ether oxygens (including phenoxy) is 3. The van der Waals surface area contributed by atoms with Gasteiger partial charge in [0.25, 0.3) is 0 Å². The van der Waals surface area contributed by atoms with Crippen LogP contribution in [0, 0.1) is 0 Å². The first kappa shape index (κ1) is 58.7. The molecule has 0 fully saturated rings. The van der Waals surface area contributed by atoms with Crippen molar-refractivity contribution in [2.24, 2.45) is 0 Å². The fourth-order valence-corrected chi connectivity index (χ4v) is 8.15. The lowest BCUT2D eigenvalue weighted by Gasteiger charge is -2.38. The molecule has 0 aromatic heterocycles. The van der Waals surface area contributed by atoms with E-state index in [1.807, 2.05) is 0 Å². The first-order chi connectivity index (χ1) is 29.2. The van der Waals surface area contributed by atoms with Crippen molar-refractivity contribution in [3.05, 3.63) is 0 Å². The maximum Gasteiger partial charge on any atom is 0.444 e. The highest BCUT2D eigenvalue weighted by atomic mass is 32.1. The van der Waals surface area contributed by atoms with Gasteiger partial charge in [0.15, 0.2) is 0 Å². The van der Waals surface area contributed by atoms with E-state index in [9.17, 15) is 24.6 Å². The van der Waals surface area contributed by atoms with Crippen molar-refractivity contribution in [2.75, 3.05) is 5.75 Å². The van der Waals surface area contributed by atoms with Gasteiger partial charge in [-0.3, -0.25) is 14.4 Å². The summed E-state index contributed by atoms with van der Waals surface area (Å²) in [4.78, 5) is 39.0. The zero-order chi connectivity index (χ0) is 44.3. The van der Waals surface area contributed by atoms with Crippen molar-refractivity contribution in [3.8, 4) is 0 Å². The molecule has 0 spiro atoms. The summed E-state index contributed by atoms with van der Waals surface area (Å²) in [6.45, 7) is 6.73. The largest absolute Gasteiger partial charge is 0.444 e. The third-order valence-corrected chi connectivity index (χ3v) is 12.4. The fraction of sp³-hybridized carbons (Fsp3) is 0.941. The Labute approximate surface area is 376 Å². The summed E-state index contributed by atoms with van der Waals surface area (Å²) in [5.41, 5.74) is 0. The lowest BCUT2D eigenvalue weighted by molar-refractivity contribution is -0.436. The molecule has 0 amide bonds. The maximum atomic E-state index is 13.0. The summed E-state index contributed by atoms with van der Waals surface area (Å²) in [6, 6.07) is 0. The molecule has 356 valence electrons. The van der Waals surface area contributed by atoms with E-state index >= 15 is 0 Å². The van der Waals surface area contributed by atoms with Crippen molar-refractivity contribution in [1.82, 2.24) is 0 Å². The summed E-state index contributed by atoms with van der Waals surface area (Å²) in [5, 5.41) is 23.0.